The second-order valence-corrected chi connectivity index (χ2v) is 5.49. The lowest BCUT2D eigenvalue weighted by Crippen LogP contribution is -2.18. The summed E-state index contributed by atoms with van der Waals surface area (Å²) in [6.07, 6.45) is 0. The summed E-state index contributed by atoms with van der Waals surface area (Å²) < 4.78 is 39.1. The Morgan fingerprint density at radius 1 is 1.05 bits per heavy atom. The Balaban J connectivity index is 2.09. The lowest BCUT2D eigenvalue weighted by molar-refractivity contribution is 0.443. The molecule has 2 rings (SSSR count). The van der Waals surface area contributed by atoms with E-state index in [0.29, 0.717) is 15.6 Å². The topological polar surface area (TPSA) is 12.0 Å². The van der Waals surface area contributed by atoms with Gasteiger partial charge in [-0.2, -0.15) is 0 Å². The van der Waals surface area contributed by atoms with E-state index in [-0.39, 0.29) is 12.6 Å². The first kappa shape index (κ1) is 16.1. The minimum Gasteiger partial charge on any atom is -0.306 e. The molecule has 0 heterocycles. The Bertz CT molecular complexity index is 638. The first-order chi connectivity index (χ1) is 9.88. The van der Waals surface area contributed by atoms with E-state index in [1.165, 1.54) is 0 Å². The number of hydrogen-bond acceptors (Lipinski definition) is 1. The van der Waals surface area contributed by atoms with Crippen molar-refractivity contribution < 1.29 is 13.2 Å². The molecule has 0 fully saturated rings. The lowest BCUT2D eigenvalue weighted by Gasteiger charge is -2.16. The van der Waals surface area contributed by atoms with Gasteiger partial charge >= 0.3 is 0 Å². The van der Waals surface area contributed by atoms with Crippen molar-refractivity contribution in [2.45, 2.75) is 19.5 Å². The van der Waals surface area contributed by atoms with Crippen LogP contribution in [0, 0.1) is 17.5 Å². The van der Waals surface area contributed by atoms with Gasteiger partial charge in [0.25, 0.3) is 0 Å². The Kier molecular flexibility index (Phi) is 5.14. The summed E-state index contributed by atoms with van der Waals surface area (Å²) in [6, 6.07) is 6.86. The van der Waals surface area contributed by atoms with Gasteiger partial charge in [-0.1, -0.05) is 29.3 Å². The van der Waals surface area contributed by atoms with Crippen LogP contribution >= 0.6 is 23.2 Å². The first-order valence-corrected chi connectivity index (χ1v) is 6.96. The van der Waals surface area contributed by atoms with E-state index < -0.39 is 17.5 Å². The van der Waals surface area contributed by atoms with Crippen LogP contribution in [0.5, 0.6) is 0 Å². The molecule has 0 aliphatic carbocycles. The van der Waals surface area contributed by atoms with Crippen LogP contribution in [0.1, 0.15) is 24.1 Å². The van der Waals surface area contributed by atoms with Gasteiger partial charge < -0.3 is 5.32 Å². The Morgan fingerprint density at radius 3 is 2.24 bits per heavy atom. The number of benzene rings is 2. The monoisotopic (exact) mass is 333 g/mol. The molecule has 0 aliphatic rings. The van der Waals surface area contributed by atoms with Gasteiger partial charge in [0.15, 0.2) is 17.5 Å². The lowest BCUT2D eigenvalue weighted by atomic mass is 10.1. The molecule has 1 N–H and O–H groups in total. The van der Waals surface area contributed by atoms with Crippen LogP contribution in [-0.4, -0.2) is 0 Å². The first-order valence-electron chi connectivity index (χ1n) is 6.20. The van der Waals surface area contributed by atoms with Crippen LogP contribution in [0.2, 0.25) is 10.0 Å². The molecule has 0 saturated heterocycles. The maximum absolute atomic E-state index is 13.1. The van der Waals surface area contributed by atoms with Gasteiger partial charge in [0, 0.05) is 22.6 Å². The molecule has 0 amide bonds. The van der Waals surface area contributed by atoms with E-state index in [0.717, 1.165) is 17.7 Å². The van der Waals surface area contributed by atoms with Crippen molar-refractivity contribution >= 4 is 23.2 Å². The van der Waals surface area contributed by atoms with Crippen molar-refractivity contribution in [2.24, 2.45) is 0 Å². The van der Waals surface area contributed by atoms with E-state index in [1.54, 1.807) is 18.2 Å². The van der Waals surface area contributed by atoms with Crippen molar-refractivity contribution in [3.05, 3.63) is 69.0 Å². The third kappa shape index (κ3) is 3.90. The molecule has 112 valence electrons. The normalized spacial score (nSPS) is 12.5. The zero-order chi connectivity index (χ0) is 15.6. The van der Waals surface area contributed by atoms with Crippen molar-refractivity contribution in [3.63, 3.8) is 0 Å². The SMILES string of the molecule is CC(NCc1cc(F)c(F)c(F)c1)c1ccc(Cl)cc1Cl. The quantitative estimate of drug-likeness (QED) is 0.752. The number of hydrogen-bond donors (Lipinski definition) is 1. The minimum atomic E-state index is -1.47. The van der Waals surface area contributed by atoms with Gasteiger partial charge in [0.2, 0.25) is 0 Å². The molecule has 2 aromatic rings. The third-order valence-electron chi connectivity index (χ3n) is 3.08. The highest BCUT2D eigenvalue weighted by Crippen LogP contribution is 2.26. The fourth-order valence-electron chi connectivity index (χ4n) is 1.94. The summed E-state index contributed by atoms with van der Waals surface area (Å²) in [5.41, 5.74) is 1.12. The van der Waals surface area contributed by atoms with Crippen LogP contribution in [0.4, 0.5) is 13.2 Å². The fraction of sp³-hybridized carbons (Fsp3) is 0.200. The Hall–Kier alpha value is -1.23. The zero-order valence-electron chi connectivity index (χ0n) is 11.1. The Morgan fingerprint density at radius 2 is 1.67 bits per heavy atom. The Labute approximate surface area is 130 Å². The molecule has 0 aliphatic heterocycles. The molecule has 1 unspecified atom stereocenters. The predicted molar refractivity (Wildman–Crippen MR) is 78.0 cm³/mol. The largest absolute Gasteiger partial charge is 0.306 e. The highest BCUT2D eigenvalue weighted by atomic mass is 35.5. The van der Waals surface area contributed by atoms with Gasteiger partial charge in [0.05, 0.1) is 0 Å². The summed E-state index contributed by atoms with van der Waals surface area (Å²) in [4.78, 5) is 0. The average molecular weight is 334 g/mol. The predicted octanol–water partition coefficient (Wildman–Crippen LogP) is 5.26. The van der Waals surface area contributed by atoms with E-state index in [2.05, 4.69) is 5.32 Å². The van der Waals surface area contributed by atoms with E-state index in [9.17, 15) is 13.2 Å². The molecular formula is C15H12Cl2F3N. The highest BCUT2D eigenvalue weighted by Gasteiger charge is 2.13. The van der Waals surface area contributed by atoms with Gasteiger partial charge in [-0.05, 0) is 42.3 Å². The summed E-state index contributed by atoms with van der Waals surface area (Å²) in [5.74, 6) is -3.87. The van der Waals surface area contributed by atoms with Crippen LogP contribution in [0.3, 0.4) is 0 Å². The number of nitrogens with one attached hydrogen (secondary N) is 1. The molecule has 0 spiro atoms. The van der Waals surface area contributed by atoms with Gasteiger partial charge in [-0.15, -0.1) is 0 Å². The summed E-state index contributed by atoms with van der Waals surface area (Å²) in [7, 11) is 0. The third-order valence-corrected chi connectivity index (χ3v) is 3.65. The number of rotatable bonds is 4. The molecule has 21 heavy (non-hydrogen) atoms. The van der Waals surface area contributed by atoms with E-state index >= 15 is 0 Å². The number of halogens is 5. The van der Waals surface area contributed by atoms with Crippen LogP contribution < -0.4 is 5.32 Å². The maximum atomic E-state index is 13.1. The molecule has 0 bridgehead atoms. The van der Waals surface area contributed by atoms with Crippen molar-refractivity contribution in [2.75, 3.05) is 0 Å². The van der Waals surface area contributed by atoms with E-state index in [4.69, 9.17) is 23.2 Å². The molecule has 1 atom stereocenters. The molecule has 2 aromatic carbocycles. The molecule has 6 heteroatoms. The maximum Gasteiger partial charge on any atom is 0.194 e. The fourth-order valence-corrected chi connectivity index (χ4v) is 2.52. The molecular weight excluding hydrogens is 322 g/mol. The van der Waals surface area contributed by atoms with Crippen LogP contribution in [0.15, 0.2) is 30.3 Å². The minimum absolute atomic E-state index is 0.161. The van der Waals surface area contributed by atoms with Gasteiger partial charge in [-0.25, -0.2) is 13.2 Å². The zero-order valence-corrected chi connectivity index (χ0v) is 12.6. The highest BCUT2D eigenvalue weighted by molar-refractivity contribution is 6.35. The van der Waals surface area contributed by atoms with Crippen LogP contribution in [0.25, 0.3) is 0 Å². The standard InChI is InChI=1S/C15H12Cl2F3N/c1-8(11-3-2-10(16)6-12(11)17)21-7-9-4-13(18)15(20)14(19)5-9/h2-6,8,21H,7H2,1H3. The van der Waals surface area contributed by atoms with Crippen molar-refractivity contribution in [1.29, 1.82) is 0 Å². The molecule has 1 nitrogen and oxygen atoms in total. The summed E-state index contributed by atoms with van der Waals surface area (Å²) >= 11 is 11.9. The van der Waals surface area contributed by atoms with Crippen molar-refractivity contribution in [1.82, 2.24) is 5.32 Å². The van der Waals surface area contributed by atoms with Crippen molar-refractivity contribution in [3.8, 4) is 0 Å². The molecule has 0 saturated carbocycles. The van der Waals surface area contributed by atoms with E-state index in [1.807, 2.05) is 6.92 Å². The van der Waals surface area contributed by atoms with Gasteiger partial charge in [-0.3, -0.25) is 0 Å². The van der Waals surface area contributed by atoms with Crippen LogP contribution in [-0.2, 0) is 6.54 Å². The smallest absolute Gasteiger partial charge is 0.194 e. The second kappa shape index (κ2) is 6.69. The second-order valence-electron chi connectivity index (χ2n) is 4.64. The molecule has 0 radical (unpaired) electrons. The molecule has 0 aromatic heterocycles. The van der Waals surface area contributed by atoms with Gasteiger partial charge in [0.1, 0.15) is 0 Å². The summed E-state index contributed by atoms with van der Waals surface area (Å²) in [5, 5.41) is 4.09. The summed E-state index contributed by atoms with van der Waals surface area (Å²) in [6.45, 7) is 2.03. The average Bonchev–Trinajstić information content (AvgIpc) is 2.42.